The number of ether oxygens (including phenoxy) is 1. The molecule has 1 aromatic heterocycles. The highest BCUT2D eigenvalue weighted by molar-refractivity contribution is 5.51. The van der Waals surface area contributed by atoms with Crippen LogP contribution in [0.3, 0.4) is 0 Å². The normalized spacial score (nSPS) is 17.8. The highest BCUT2D eigenvalue weighted by Crippen LogP contribution is 2.39. The molecule has 2 rings (SSSR count). The molecule has 1 aliphatic rings. The van der Waals surface area contributed by atoms with E-state index in [9.17, 15) is 0 Å². The molecule has 1 aromatic rings. The van der Waals surface area contributed by atoms with Crippen molar-refractivity contribution in [1.82, 2.24) is 10.2 Å². The van der Waals surface area contributed by atoms with Gasteiger partial charge in [0.15, 0.2) is 5.82 Å². The van der Waals surface area contributed by atoms with Crippen LogP contribution in [0.25, 0.3) is 0 Å². The predicted molar refractivity (Wildman–Crippen MR) is 60.3 cm³/mol. The van der Waals surface area contributed by atoms with Gasteiger partial charge in [0, 0.05) is 30.3 Å². The molecule has 0 saturated carbocycles. The van der Waals surface area contributed by atoms with Crippen LogP contribution < -0.4 is 5.32 Å². The molecule has 4 heteroatoms. The molecule has 0 amide bonds. The van der Waals surface area contributed by atoms with E-state index in [1.54, 1.807) is 7.11 Å². The second kappa shape index (κ2) is 3.85. The molecular weight excluding hydrogens is 190 g/mol. The lowest BCUT2D eigenvalue weighted by atomic mass is 9.91. The number of hydrogen-bond acceptors (Lipinski definition) is 3. The number of fused-ring (bicyclic) bond motifs is 1. The van der Waals surface area contributed by atoms with Crippen LogP contribution in [-0.4, -0.2) is 30.5 Å². The molecule has 0 saturated heterocycles. The second-order valence-corrected chi connectivity index (χ2v) is 4.73. The van der Waals surface area contributed by atoms with E-state index in [1.807, 2.05) is 0 Å². The number of hydrogen-bond donors (Lipinski definition) is 2. The number of methoxy groups -OCH3 is 1. The molecule has 0 atom stereocenters. The second-order valence-electron chi connectivity index (χ2n) is 4.73. The highest BCUT2D eigenvalue weighted by Gasteiger charge is 2.33. The Morgan fingerprint density at radius 1 is 1.53 bits per heavy atom. The first-order chi connectivity index (χ1) is 7.15. The number of rotatable bonds is 4. The number of anilines is 1. The average Bonchev–Trinajstić information content (AvgIpc) is 2.70. The summed E-state index contributed by atoms with van der Waals surface area (Å²) >= 11 is 0. The summed E-state index contributed by atoms with van der Waals surface area (Å²) in [6.45, 7) is 6.05. The van der Waals surface area contributed by atoms with Gasteiger partial charge in [-0.15, -0.1) is 0 Å². The maximum Gasteiger partial charge on any atom is 0.151 e. The molecule has 0 radical (unpaired) electrons. The predicted octanol–water partition coefficient (Wildman–Crippen LogP) is 1.69. The number of H-pyrrole nitrogens is 1. The van der Waals surface area contributed by atoms with Gasteiger partial charge >= 0.3 is 0 Å². The van der Waals surface area contributed by atoms with Gasteiger partial charge in [0.2, 0.25) is 0 Å². The summed E-state index contributed by atoms with van der Waals surface area (Å²) in [6, 6.07) is 0. The Morgan fingerprint density at radius 2 is 2.33 bits per heavy atom. The summed E-state index contributed by atoms with van der Waals surface area (Å²) in [4.78, 5) is 0. The molecule has 1 heterocycles. The van der Waals surface area contributed by atoms with Crippen molar-refractivity contribution >= 4 is 5.82 Å². The van der Waals surface area contributed by atoms with Crippen LogP contribution in [-0.2, 0) is 16.6 Å². The first-order valence-corrected chi connectivity index (χ1v) is 5.45. The monoisotopic (exact) mass is 209 g/mol. The molecule has 0 aromatic carbocycles. The van der Waals surface area contributed by atoms with E-state index >= 15 is 0 Å². The summed E-state index contributed by atoms with van der Waals surface area (Å²) in [5.41, 5.74) is 2.90. The van der Waals surface area contributed by atoms with E-state index in [0.29, 0.717) is 6.61 Å². The number of nitrogens with one attached hydrogen (secondary N) is 2. The molecule has 0 fully saturated rings. The molecule has 0 unspecified atom stereocenters. The summed E-state index contributed by atoms with van der Waals surface area (Å²) in [5.74, 6) is 1.01. The zero-order valence-corrected chi connectivity index (χ0v) is 9.68. The number of aromatic nitrogens is 2. The third-order valence-electron chi connectivity index (χ3n) is 3.14. The van der Waals surface area contributed by atoms with Gasteiger partial charge in [-0.3, -0.25) is 5.10 Å². The lowest BCUT2D eigenvalue weighted by molar-refractivity contribution is 0.210. The van der Waals surface area contributed by atoms with E-state index < -0.39 is 0 Å². The average molecular weight is 209 g/mol. The van der Waals surface area contributed by atoms with E-state index in [2.05, 4.69) is 29.4 Å². The number of aromatic amines is 1. The van der Waals surface area contributed by atoms with Crippen molar-refractivity contribution in [3.63, 3.8) is 0 Å². The topological polar surface area (TPSA) is 49.9 Å². The largest absolute Gasteiger partial charge is 0.383 e. The quantitative estimate of drug-likeness (QED) is 0.742. The smallest absolute Gasteiger partial charge is 0.151 e. The first kappa shape index (κ1) is 10.5. The van der Waals surface area contributed by atoms with E-state index in [0.717, 1.165) is 18.8 Å². The maximum absolute atomic E-state index is 5.00. The van der Waals surface area contributed by atoms with Crippen LogP contribution >= 0.6 is 0 Å². The summed E-state index contributed by atoms with van der Waals surface area (Å²) in [7, 11) is 1.71. The fraction of sp³-hybridized carbons (Fsp3) is 0.727. The molecule has 4 nitrogen and oxygen atoms in total. The Morgan fingerprint density at radius 3 is 3.07 bits per heavy atom. The van der Waals surface area contributed by atoms with Gasteiger partial charge in [-0.1, -0.05) is 13.8 Å². The van der Waals surface area contributed by atoms with Crippen LogP contribution in [0.2, 0.25) is 0 Å². The standard InChI is InChI=1S/C11H19N3O/c1-11(2)5-4-8-9(11)13-14-10(8)12-6-7-15-3/h4-7H2,1-3H3,(H2,12,13,14). The lowest BCUT2D eigenvalue weighted by Crippen LogP contribution is -2.12. The van der Waals surface area contributed by atoms with Crippen molar-refractivity contribution < 1.29 is 4.74 Å². The molecule has 0 aliphatic heterocycles. The Kier molecular flexibility index (Phi) is 2.69. The van der Waals surface area contributed by atoms with Crippen LogP contribution in [0.1, 0.15) is 31.5 Å². The third kappa shape index (κ3) is 1.86. The first-order valence-electron chi connectivity index (χ1n) is 5.45. The SMILES string of the molecule is COCCNc1n[nH]c2c1CCC2(C)C. The summed E-state index contributed by atoms with van der Waals surface area (Å²) in [5, 5.41) is 10.8. The Hall–Kier alpha value is -1.03. The van der Waals surface area contributed by atoms with E-state index in [-0.39, 0.29) is 5.41 Å². The lowest BCUT2D eigenvalue weighted by Gasteiger charge is -2.15. The molecular formula is C11H19N3O. The molecule has 0 bridgehead atoms. The van der Waals surface area contributed by atoms with Gasteiger partial charge < -0.3 is 10.1 Å². The Balaban J connectivity index is 2.09. The van der Waals surface area contributed by atoms with Gasteiger partial charge in [-0.2, -0.15) is 5.10 Å². The fourth-order valence-corrected chi connectivity index (χ4v) is 2.15. The zero-order chi connectivity index (χ0) is 10.9. The molecule has 2 N–H and O–H groups in total. The summed E-state index contributed by atoms with van der Waals surface area (Å²) < 4.78 is 5.00. The highest BCUT2D eigenvalue weighted by atomic mass is 16.5. The van der Waals surface area contributed by atoms with Crippen molar-refractivity contribution in [2.45, 2.75) is 32.1 Å². The summed E-state index contributed by atoms with van der Waals surface area (Å²) in [6.07, 6.45) is 2.32. The van der Waals surface area contributed by atoms with Crippen LogP contribution in [0.15, 0.2) is 0 Å². The van der Waals surface area contributed by atoms with Crippen LogP contribution in [0.5, 0.6) is 0 Å². The Labute approximate surface area is 90.4 Å². The maximum atomic E-state index is 5.00. The van der Waals surface area contributed by atoms with Crippen molar-refractivity contribution in [2.75, 3.05) is 25.6 Å². The Bertz CT molecular complexity index is 344. The van der Waals surface area contributed by atoms with Gasteiger partial charge in [0.25, 0.3) is 0 Å². The molecule has 0 spiro atoms. The minimum absolute atomic E-state index is 0.253. The van der Waals surface area contributed by atoms with Crippen molar-refractivity contribution in [3.8, 4) is 0 Å². The minimum atomic E-state index is 0.253. The van der Waals surface area contributed by atoms with Gasteiger partial charge in [-0.05, 0) is 12.8 Å². The van der Waals surface area contributed by atoms with Crippen molar-refractivity contribution in [1.29, 1.82) is 0 Å². The third-order valence-corrected chi connectivity index (χ3v) is 3.14. The van der Waals surface area contributed by atoms with Crippen LogP contribution in [0, 0.1) is 0 Å². The van der Waals surface area contributed by atoms with E-state index in [4.69, 9.17) is 4.74 Å². The van der Waals surface area contributed by atoms with Gasteiger partial charge in [0.1, 0.15) is 0 Å². The van der Waals surface area contributed by atoms with Gasteiger partial charge in [0.05, 0.1) is 6.61 Å². The fourth-order valence-electron chi connectivity index (χ4n) is 2.15. The molecule has 1 aliphatic carbocycles. The molecule has 84 valence electrons. The molecule has 15 heavy (non-hydrogen) atoms. The minimum Gasteiger partial charge on any atom is -0.383 e. The van der Waals surface area contributed by atoms with Gasteiger partial charge in [-0.25, -0.2) is 0 Å². The van der Waals surface area contributed by atoms with Crippen molar-refractivity contribution in [2.24, 2.45) is 0 Å². The zero-order valence-electron chi connectivity index (χ0n) is 9.68. The van der Waals surface area contributed by atoms with Crippen molar-refractivity contribution in [3.05, 3.63) is 11.3 Å². The van der Waals surface area contributed by atoms with Crippen LogP contribution in [0.4, 0.5) is 5.82 Å². The van der Waals surface area contributed by atoms with E-state index in [1.165, 1.54) is 17.7 Å². The number of nitrogens with zero attached hydrogens (tertiary/aromatic N) is 1.